The van der Waals surface area contributed by atoms with Crippen LogP contribution in [-0.2, 0) is 14.8 Å². The van der Waals surface area contributed by atoms with Crippen LogP contribution in [0.1, 0.15) is 56.9 Å². The van der Waals surface area contributed by atoms with E-state index in [-0.39, 0.29) is 11.4 Å². The van der Waals surface area contributed by atoms with E-state index >= 15 is 0 Å². The van der Waals surface area contributed by atoms with E-state index in [1.54, 1.807) is 12.3 Å². The molecule has 7 rings (SSSR count). The van der Waals surface area contributed by atoms with Gasteiger partial charge in [0.05, 0.1) is 46.7 Å². The number of nitrogens with one attached hydrogen (secondary N) is 1. The van der Waals surface area contributed by atoms with Crippen molar-refractivity contribution in [3.05, 3.63) is 42.5 Å². The largest absolute Gasteiger partial charge is 0.374 e. The normalized spacial score (nSPS) is 23.6. The number of anilines is 3. The zero-order valence-corrected chi connectivity index (χ0v) is 26.2. The van der Waals surface area contributed by atoms with Gasteiger partial charge < -0.3 is 19.9 Å². The predicted molar refractivity (Wildman–Crippen MR) is 169 cm³/mol. The number of hydrogen-bond acceptors (Lipinski definition) is 10. The summed E-state index contributed by atoms with van der Waals surface area (Å²) in [7, 11) is 0.822. The van der Waals surface area contributed by atoms with E-state index in [0.717, 1.165) is 73.0 Å². The summed E-state index contributed by atoms with van der Waals surface area (Å²) >= 11 is 0. The van der Waals surface area contributed by atoms with E-state index in [1.807, 2.05) is 6.20 Å². The van der Waals surface area contributed by atoms with Gasteiger partial charge in [-0.05, 0) is 84.0 Å². The molecule has 0 radical (unpaired) electrons. The molecule has 3 aromatic heterocycles. The number of pyridine rings is 1. The average molecular weight is 617 g/mol. The number of nitrogens with zero attached hydrogens (tertiary/aromatic N) is 7. The minimum atomic E-state index is -3.46. The van der Waals surface area contributed by atoms with Crippen molar-refractivity contribution in [1.82, 2.24) is 29.0 Å². The molecule has 11 nitrogen and oxygen atoms in total. The summed E-state index contributed by atoms with van der Waals surface area (Å²) in [6.45, 7) is 3.09. The van der Waals surface area contributed by atoms with Crippen LogP contribution in [0.25, 0.3) is 11.4 Å². The lowest BCUT2D eigenvalue weighted by molar-refractivity contribution is 0.0987. The van der Waals surface area contributed by atoms with Crippen molar-refractivity contribution in [2.24, 2.45) is 11.8 Å². The molecule has 6 heterocycles. The maximum Gasteiger partial charge on any atom is 0.256 e. The fourth-order valence-corrected chi connectivity index (χ4v) is 7.99. The highest BCUT2D eigenvalue weighted by Crippen LogP contribution is 2.38. The Morgan fingerprint density at radius 1 is 1.07 bits per heavy atom. The van der Waals surface area contributed by atoms with Crippen LogP contribution in [0.15, 0.2) is 36.9 Å². The first kappa shape index (κ1) is 29.2. The minimum Gasteiger partial charge on any atom is -0.374 e. The van der Waals surface area contributed by atoms with Crippen LogP contribution in [0.2, 0.25) is 0 Å². The van der Waals surface area contributed by atoms with E-state index in [9.17, 15) is 8.42 Å². The molecule has 3 aliphatic heterocycles. The molecule has 3 unspecified atom stereocenters. The standard InChI is InChI=1S/C32H40N8O3S/c1-38(2)14-10-22-11-15-39(16-12-22)28-18-31(34-19-24(28)4-3-23-17-26-5-8-29(23)43-26)36-30-9-13-33-32(37-30)25-20-35-40(21-25)44(41,42)27-6-7-27/h9,13,18-23,26-27,29H,5-8,10-12,14-17H2,1-2H3,(H,33,34,36,37). The molecule has 1 N–H and O–H groups in total. The van der Waals surface area contributed by atoms with E-state index in [1.165, 1.54) is 18.8 Å². The molecule has 0 amide bonds. The van der Waals surface area contributed by atoms with Crippen molar-refractivity contribution >= 4 is 27.3 Å². The van der Waals surface area contributed by atoms with Crippen molar-refractivity contribution in [1.29, 1.82) is 0 Å². The van der Waals surface area contributed by atoms with Crippen LogP contribution in [0.3, 0.4) is 0 Å². The molecular formula is C32H40N8O3S. The van der Waals surface area contributed by atoms with Crippen LogP contribution in [0.5, 0.6) is 0 Å². The lowest BCUT2D eigenvalue weighted by atomic mass is 9.89. The Morgan fingerprint density at radius 2 is 1.91 bits per heavy atom. The van der Waals surface area contributed by atoms with Gasteiger partial charge in [-0.15, -0.1) is 0 Å². The van der Waals surface area contributed by atoms with Crippen molar-refractivity contribution < 1.29 is 13.2 Å². The van der Waals surface area contributed by atoms with Gasteiger partial charge in [0.25, 0.3) is 10.0 Å². The first-order valence-corrected chi connectivity index (χ1v) is 17.3. The monoisotopic (exact) mass is 616 g/mol. The minimum absolute atomic E-state index is 0.269. The Morgan fingerprint density at radius 3 is 2.64 bits per heavy atom. The van der Waals surface area contributed by atoms with Gasteiger partial charge in [0.2, 0.25) is 0 Å². The molecule has 3 saturated heterocycles. The van der Waals surface area contributed by atoms with Crippen LogP contribution < -0.4 is 10.2 Å². The van der Waals surface area contributed by atoms with Gasteiger partial charge >= 0.3 is 0 Å². The Hall–Kier alpha value is -3.53. The number of ether oxygens (including phenoxy) is 1. The summed E-state index contributed by atoms with van der Waals surface area (Å²) in [6, 6.07) is 3.85. The summed E-state index contributed by atoms with van der Waals surface area (Å²) < 4.78 is 32.3. The summed E-state index contributed by atoms with van der Waals surface area (Å²) in [5, 5.41) is 7.08. The highest BCUT2D eigenvalue weighted by molar-refractivity contribution is 7.90. The molecule has 0 aromatic carbocycles. The second-order valence-corrected chi connectivity index (χ2v) is 14.9. The molecule has 4 fully saturated rings. The van der Waals surface area contributed by atoms with Crippen molar-refractivity contribution in [2.75, 3.05) is 43.9 Å². The number of aromatic nitrogens is 5. The van der Waals surface area contributed by atoms with Gasteiger partial charge in [0.15, 0.2) is 5.82 Å². The van der Waals surface area contributed by atoms with E-state index in [4.69, 9.17) is 9.72 Å². The predicted octanol–water partition coefficient (Wildman–Crippen LogP) is 3.91. The summed E-state index contributed by atoms with van der Waals surface area (Å²) in [5.74, 6) is 9.66. The Bertz CT molecular complexity index is 1670. The van der Waals surface area contributed by atoms with E-state index in [0.29, 0.717) is 47.9 Å². The number of piperidine rings is 1. The van der Waals surface area contributed by atoms with Crippen LogP contribution in [0.4, 0.5) is 17.3 Å². The first-order valence-electron chi connectivity index (χ1n) is 15.8. The first-order chi connectivity index (χ1) is 21.3. The molecule has 44 heavy (non-hydrogen) atoms. The molecule has 3 atom stereocenters. The van der Waals surface area contributed by atoms with Crippen LogP contribution in [-0.4, -0.2) is 88.6 Å². The third kappa shape index (κ3) is 6.32. The maximum atomic E-state index is 12.6. The third-order valence-corrected chi connectivity index (χ3v) is 11.3. The number of rotatable bonds is 9. The van der Waals surface area contributed by atoms with Crippen LogP contribution >= 0.6 is 0 Å². The lowest BCUT2D eigenvalue weighted by Gasteiger charge is -2.34. The van der Waals surface area contributed by atoms with Gasteiger partial charge in [-0.2, -0.15) is 9.19 Å². The highest BCUT2D eigenvalue weighted by Gasteiger charge is 2.40. The van der Waals surface area contributed by atoms with E-state index in [2.05, 4.69) is 62.2 Å². The molecule has 0 spiro atoms. The van der Waals surface area contributed by atoms with Gasteiger partial charge in [-0.3, -0.25) is 0 Å². The van der Waals surface area contributed by atoms with Crippen molar-refractivity contribution in [3.8, 4) is 23.2 Å². The van der Waals surface area contributed by atoms with Gasteiger partial charge in [-0.25, -0.2) is 23.4 Å². The fourth-order valence-electron chi connectivity index (χ4n) is 6.51. The molecule has 232 valence electrons. The SMILES string of the molecule is CN(C)CCC1CCN(c2cc(Nc3ccnc(-c4cnn(S(=O)(=O)C5CC5)c4)n3)ncc2C#CC2CC3CCC2O3)CC1. The molecule has 1 saturated carbocycles. The summed E-state index contributed by atoms with van der Waals surface area (Å²) in [4.78, 5) is 18.4. The summed E-state index contributed by atoms with van der Waals surface area (Å²) in [6.07, 6.45) is 15.3. The second-order valence-electron chi connectivity index (χ2n) is 12.8. The fraction of sp³-hybridized carbons (Fsp3) is 0.562. The van der Waals surface area contributed by atoms with Crippen LogP contribution in [0, 0.1) is 23.7 Å². The van der Waals surface area contributed by atoms with Gasteiger partial charge in [0.1, 0.15) is 11.6 Å². The molecule has 4 aliphatic rings. The zero-order valence-electron chi connectivity index (χ0n) is 25.4. The lowest BCUT2D eigenvalue weighted by Crippen LogP contribution is -2.35. The smallest absolute Gasteiger partial charge is 0.256 e. The Kier molecular flexibility index (Phi) is 8.03. The topological polar surface area (TPSA) is 118 Å². The maximum absolute atomic E-state index is 12.6. The molecule has 1 aliphatic carbocycles. The van der Waals surface area contributed by atoms with Crippen molar-refractivity contribution in [3.63, 3.8) is 0 Å². The average Bonchev–Trinajstić information content (AvgIpc) is 3.42. The second kappa shape index (κ2) is 12.1. The highest BCUT2D eigenvalue weighted by atomic mass is 32.2. The molecular weight excluding hydrogens is 576 g/mol. The van der Waals surface area contributed by atoms with Gasteiger partial charge in [-0.1, -0.05) is 11.8 Å². The molecule has 3 aromatic rings. The zero-order chi connectivity index (χ0) is 30.3. The Balaban J connectivity index is 1.11. The summed E-state index contributed by atoms with van der Waals surface area (Å²) in [5.41, 5.74) is 2.57. The quantitative estimate of drug-likeness (QED) is 0.355. The number of hydrogen-bond donors (Lipinski definition) is 1. The third-order valence-electron chi connectivity index (χ3n) is 9.26. The molecule has 12 heteroatoms. The Labute approximate surface area is 259 Å². The molecule has 2 bridgehead atoms. The van der Waals surface area contributed by atoms with E-state index < -0.39 is 10.0 Å². The van der Waals surface area contributed by atoms with Gasteiger partial charge in [0, 0.05) is 37.5 Å². The number of fused-ring (bicyclic) bond motifs is 2. The van der Waals surface area contributed by atoms with Crippen molar-refractivity contribution in [2.45, 2.75) is 68.8 Å².